The molecule has 2 bridgehead atoms. The summed E-state index contributed by atoms with van der Waals surface area (Å²) in [6.45, 7) is -1.26. The molecule has 0 aromatic heterocycles. The summed E-state index contributed by atoms with van der Waals surface area (Å²) in [7, 11) is -4.23. The van der Waals surface area contributed by atoms with Crippen LogP contribution in [0, 0.1) is 5.92 Å². The molecule has 1 N–H and O–H groups in total. The molecule has 0 amide bonds. The number of carbonyl (C=O) groups excluding carboxylic acids is 3. The van der Waals surface area contributed by atoms with E-state index in [1.807, 2.05) is 0 Å². The lowest BCUT2D eigenvalue weighted by molar-refractivity contribution is -0.177. The molecule has 0 saturated carbocycles. The standard InChI is InChI=1S/C12H14O9S2/c13-8(19-1-2-23(16,17)18)5-20-11(15)12-4-6-3-7(9(12)22-6)10(14)21-12/h6-7,9H,1-5H2,(H,16,17,18). The zero-order chi connectivity index (χ0) is 16.8. The van der Waals surface area contributed by atoms with Gasteiger partial charge >= 0.3 is 17.9 Å². The number of carbonyl (C=O) groups is 3. The van der Waals surface area contributed by atoms with Gasteiger partial charge in [-0.05, 0) is 6.42 Å². The third kappa shape index (κ3) is 3.04. The number of ether oxygens (including phenoxy) is 3. The average molecular weight is 366 g/mol. The third-order valence-corrected chi connectivity index (χ3v) is 6.50. The van der Waals surface area contributed by atoms with Crippen LogP contribution in [-0.2, 0) is 38.7 Å². The lowest BCUT2D eigenvalue weighted by atomic mass is 9.81. The summed E-state index contributed by atoms with van der Waals surface area (Å²) in [4.78, 5) is 35.4. The Bertz CT molecular complexity index is 657. The van der Waals surface area contributed by atoms with Crippen LogP contribution < -0.4 is 0 Å². The Morgan fingerprint density at radius 3 is 2.78 bits per heavy atom. The second-order valence-corrected chi connectivity index (χ2v) is 8.64. The maximum atomic E-state index is 12.2. The van der Waals surface area contributed by atoms with E-state index in [0.717, 1.165) is 0 Å². The molecule has 0 aromatic carbocycles. The van der Waals surface area contributed by atoms with Crippen LogP contribution in [-0.4, -0.2) is 65.9 Å². The number of fused-ring (bicyclic) bond motifs is 1. The van der Waals surface area contributed by atoms with Crippen molar-refractivity contribution in [3.05, 3.63) is 0 Å². The van der Waals surface area contributed by atoms with Gasteiger partial charge in [-0.25, -0.2) is 9.59 Å². The van der Waals surface area contributed by atoms with Crippen molar-refractivity contribution in [1.82, 2.24) is 0 Å². The van der Waals surface area contributed by atoms with Crippen molar-refractivity contribution < 1.29 is 41.6 Å². The lowest BCUT2D eigenvalue weighted by Crippen LogP contribution is -2.47. The number of hydrogen-bond donors (Lipinski definition) is 1. The Kier molecular flexibility index (Phi) is 4.05. The van der Waals surface area contributed by atoms with Crippen LogP contribution in [0.3, 0.4) is 0 Å². The van der Waals surface area contributed by atoms with E-state index in [2.05, 4.69) is 4.74 Å². The van der Waals surface area contributed by atoms with Gasteiger partial charge < -0.3 is 14.2 Å². The molecule has 0 aromatic rings. The van der Waals surface area contributed by atoms with Gasteiger partial charge in [-0.3, -0.25) is 9.35 Å². The van der Waals surface area contributed by atoms with Crippen LogP contribution in [0.25, 0.3) is 0 Å². The van der Waals surface area contributed by atoms with Crippen molar-refractivity contribution in [1.29, 1.82) is 0 Å². The lowest BCUT2D eigenvalue weighted by Gasteiger charge is -2.26. The first-order valence-electron chi connectivity index (χ1n) is 6.87. The van der Waals surface area contributed by atoms with Gasteiger partial charge in [0.15, 0.2) is 6.61 Å². The van der Waals surface area contributed by atoms with Crippen LogP contribution >= 0.6 is 11.8 Å². The zero-order valence-electron chi connectivity index (χ0n) is 11.8. The fraction of sp³-hybridized carbons (Fsp3) is 0.750. The first-order valence-corrected chi connectivity index (χ1v) is 9.43. The van der Waals surface area contributed by atoms with Crippen LogP contribution in [0.4, 0.5) is 0 Å². The fourth-order valence-electron chi connectivity index (χ4n) is 3.15. The summed E-state index contributed by atoms with van der Waals surface area (Å²) in [6, 6.07) is 0. The Hall–Kier alpha value is -1.33. The van der Waals surface area contributed by atoms with Gasteiger partial charge in [-0.1, -0.05) is 0 Å². The molecule has 3 rings (SSSR count). The van der Waals surface area contributed by atoms with E-state index < -0.39 is 52.6 Å². The monoisotopic (exact) mass is 366 g/mol. The van der Waals surface area contributed by atoms with E-state index in [0.29, 0.717) is 12.8 Å². The summed E-state index contributed by atoms with van der Waals surface area (Å²) in [5.74, 6) is -3.17. The number of thioether (sulfide) groups is 1. The minimum Gasteiger partial charge on any atom is -0.462 e. The van der Waals surface area contributed by atoms with Gasteiger partial charge in [0.2, 0.25) is 5.60 Å². The molecule has 128 valence electrons. The largest absolute Gasteiger partial charge is 0.462 e. The van der Waals surface area contributed by atoms with Gasteiger partial charge in [0, 0.05) is 11.7 Å². The third-order valence-electron chi connectivity index (χ3n) is 4.07. The SMILES string of the molecule is O=C(COC(=O)C12CC3CC(C(=O)O1)C2S3)OCCS(=O)(=O)O. The topological polar surface area (TPSA) is 133 Å². The summed E-state index contributed by atoms with van der Waals surface area (Å²) in [5.41, 5.74) is -1.32. The van der Waals surface area contributed by atoms with Gasteiger partial charge in [0.1, 0.15) is 12.4 Å². The molecule has 11 heteroatoms. The second kappa shape index (κ2) is 5.64. The summed E-state index contributed by atoms with van der Waals surface area (Å²) in [5, 5.41) is -0.103. The van der Waals surface area contributed by atoms with Crippen molar-refractivity contribution in [3.8, 4) is 0 Å². The summed E-state index contributed by atoms with van der Waals surface area (Å²) < 4.78 is 44.1. The molecule has 3 saturated heterocycles. The summed E-state index contributed by atoms with van der Waals surface area (Å²) in [6.07, 6.45) is 1.07. The Balaban J connectivity index is 1.51. The van der Waals surface area contributed by atoms with E-state index >= 15 is 0 Å². The molecular formula is C12H14O9S2. The Labute approximate surface area is 135 Å². The molecule has 0 spiro atoms. The highest BCUT2D eigenvalue weighted by molar-refractivity contribution is 8.01. The van der Waals surface area contributed by atoms with Crippen molar-refractivity contribution >= 4 is 39.8 Å². The molecule has 4 atom stereocenters. The molecule has 4 unspecified atom stereocenters. The molecule has 3 heterocycles. The zero-order valence-corrected chi connectivity index (χ0v) is 13.4. The number of hydrogen-bond acceptors (Lipinski definition) is 9. The smallest absolute Gasteiger partial charge is 0.352 e. The first-order chi connectivity index (χ1) is 10.7. The van der Waals surface area contributed by atoms with E-state index in [4.69, 9.17) is 14.0 Å². The van der Waals surface area contributed by atoms with E-state index in [1.54, 1.807) is 0 Å². The van der Waals surface area contributed by atoms with E-state index in [-0.39, 0.29) is 16.4 Å². The normalized spacial score (nSPS) is 34.3. The van der Waals surface area contributed by atoms with Gasteiger partial charge in [0.25, 0.3) is 10.1 Å². The molecule has 3 fully saturated rings. The highest BCUT2D eigenvalue weighted by atomic mass is 32.2. The maximum Gasteiger partial charge on any atom is 0.352 e. The molecule has 9 nitrogen and oxygen atoms in total. The highest BCUT2D eigenvalue weighted by Gasteiger charge is 2.70. The number of rotatable bonds is 6. The van der Waals surface area contributed by atoms with Crippen molar-refractivity contribution in [2.24, 2.45) is 5.92 Å². The fourth-order valence-corrected chi connectivity index (χ4v) is 5.39. The van der Waals surface area contributed by atoms with Gasteiger partial charge in [-0.2, -0.15) is 8.42 Å². The molecule has 0 aliphatic carbocycles. The van der Waals surface area contributed by atoms with Crippen molar-refractivity contribution in [2.75, 3.05) is 19.0 Å². The molecule has 23 heavy (non-hydrogen) atoms. The quantitative estimate of drug-likeness (QED) is 0.360. The second-order valence-electron chi connectivity index (χ2n) is 5.62. The van der Waals surface area contributed by atoms with Gasteiger partial charge in [-0.15, -0.1) is 11.8 Å². The van der Waals surface area contributed by atoms with E-state index in [1.165, 1.54) is 11.8 Å². The summed E-state index contributed by atoms with van der Waals surface area (Å²) >= 11 is 1.53. The van der Waals surface area contributed by atoms with Crippen molar-refractivity contribution in [3.63, 3.8) is 0 Å². The number of esters is 3. The van der Waals surface area contributed by atoms with Crippen LogP contribution in [0.1, 0.15) is 12.8 Å². The molecule has 3 aliphatic rings. The minimum absolute atomic E-state index is 0.172. The minimum atomic E-state index is -4.23. The first kappa shape index (κ1) is 16.5. The molecule has 0 radical (unpaired) electrons. The van der Waals surface area contributed by atoms with Gasteiger partial charge in [0.05, 0.1) is 11.2 Å². The molecule has 3 aliphatic heterocycles. The van der Waals surface area contributed by atoms with E-state index in [9.17, 15) is 22.8 Å². The Morgan fingerprint density at radius 1 is 1.39 bits per heavy atom. The highest BCUT2D eigenvalue weighted by Crippen LogP contribution is 2.60. The van der Waals surface area contributed by atoms with Crippen LogP contribution in [0.15, 0.2) is 0 Å². The van der Waals surface area contributed by atoms with Crippen molar-refractivity contribution in [2.45, 2.75) is 28.9 Å². The predicted octanol–water partition coefficient (Wildman–Crippen LogP) is -0.850. The van der Waals surface area contributed by atoms with Crippen LogP contribution in [0.2, 0.25) is 0 Å². The predicted molar refractivity (Wildman–Crippen MR) is 75.0 cm³/mol. The maximum absolute atomic E-state index is 12.2. The molecular weight excluding hydrogens is 352 g/mol. The average Bonchev–Trinajstić information content (AvgIpc) is 3.04. The van der Waals surface area contributed by atoms with Crippen LogP contribution in [0.5, 0.6) is 0 Å². The Morgan fingerprint density at radius 2 is 2.13 bits per heavy atom.